The summed E-state index contributed by atoms with van der Waals surface area (Å²) in [6.45, 7) is 1.97. The lowest BCUT2D eigenvalue weighted by Gasteiger charge is -2.40. The standard InChI is InChI=1S/C10H16B2/c1-9(11,12)8-3-6-10(7-8)4-2-5-10/h8H,2-7H2,1H3. The molecule has 1 atom stereocenters. The fraction of sp³-hybridized carbons (Fsp3) is 1.00. The van der Waals surface area contributed by atoms with Crippen LogP contribution in [-0.4, -0.2) is 15.7 Å². The minimum atomic E-state index is -0.431. The van der Waals surface area contributed by atoms with Gasteiger partial charge in [0.15, 0.2) is 0 Å². The molecule has 0 saturated heterocycles. The van der Waals surface area contributed by atoms with Gasteiger partial charge in [-0.05, 0) is 31.1 Å². The van der Waals surface area contributed by atoms with Gasteiger partial charge in [0.25, 0.3) is 0 Å². The molecule has 62 valence electrons. The summed E-state index contributed by atoms with van der Waals surface area (Å²) in [7, 11) is 11.8. The van der Waals surface area contributed by atoms with Crippen LogP contribution in [0, 0.1) is 11.3 Å². The molecule has 0 aromatic heterocycles. The van der Waals surface area contributed by atoms with E-state index in [0.29, 0.717) is 11.3 Å². The van der Waals surface area contributed by atoms with Gasteiger partial charge in [0, 0.05) is 0 Å². The van der Waals surface area contributed by atoms with Crippen LogP contribution in [0.25, 0.3) is 0 Å². The van der Waals surface area contributed by atoms with Gasteiger partial charge in [0.1, 0.15) is 0 Å². The molecular formula is C10H16B2. The minimum absolute atomic E-state index is 0.431. The van der Waals surface area contributed by atoms with Crippen molar-refractivity contribution >= 4 is 15.7 Å². The van der Waals surface area contributed by atoms with Gasteiger partial charge in [0.2, 0.25) is 0 Å². The average Bonchev–Trinajstić information content (AvgIpc) is 2.26. The Morgan fingerprint density at radius 2 is 1.92 bits per heavy atom. The van der Waals surface area contributed by atoms with Crippen LogP contribution in [0.4, 0.5) is 0 Å². The minimum Gasteiger partial charge on any atom is -0.0989 e. The Kier molecular flexibility index (Phi) is 1.86. The fourth-order valence-corrected chi connectivity index (χ4v) is 2.87. The Morgan fingerprint density at radius 1 is 1.25 bits per heavy atom. The lowest BCUT2D eigenvalue weighted by atomic mass is 9.48. The molecule has 2 aliphatic carbocycles. The first-order valence-electron chi connectivity index (χ1n) is 5.10. The second kappa shape index (κ2) is 2.56. The molecule has 2 aliphatic rings. The summed E-state index contributed by atoms with van der Waals surface area (Å²) in [6, 6.07) is 0. The molecule has 0 bridgehead atoms. The zero-order chi connectivity index (χ0) is 8.82. The first-order valence-corrected chi connectivity index (χ1v) is 5.10. The topological polar surface area (TPSA) is 0 Å². The zero-order valence-electron chi connectivity index (χ0n) is 7.97. The molecule has 0 aromatic carbocycles. The maximum absolute atomic E-state index is 5.92. The molecule has 0 amide bonds. The molecule has 2 rings (SSSR count). The highest BCUT2D eigenvalue weighted by atomic mass is 14.5. The zero-order valence-corrected chi connectivity index (χ0v) is 7.97. The van der Waals surface area contributed by atoms with Crippen molar-refractivity contribution in [3.8, 4) is 0 Å². The van der Waals surface area contributed by atoms with Crippen LogP contribution >= 0.6 is 0 Å². The maximum Gasteiger partial charge on any atom is 0.0620 e. The molecule has 2 saturated carbocycles. The Balaban J connectivity index is 1.98. The molecule has 0 aliphatic heterocycles. The van der Waals surface area contributed by atoms with Crippen LogP contribution in [0.2, 0.25) is 5.21 Å². The summed E-state index contributed by atoms with van der Waals surface area (Å²) in [5.74, 6) is 0.567. The van der Waals surface area contributed by atoms with Crippen LogP contribution in [0.1, 0.15) is 45.4 Å². The molecule has 1 unspecified atom stereocenters. The van der Waals surface area contributed by atoms with E-state index in [1.54, 1.807) is 0 Å². The average molecular weight is 158 g/mol. The van der Waals surface area contributed by atoms with Crippen LogP contribution in [0.5, 0.6) is 0 Å². The molecular weight excluding hydrogens is 142 g/mol. The van der Waals surface area contributed by atoms with Gasteiger partial charge in [-0.1, -0.05) is 30.9 Å². The number of hydrogen-bond donors (Lipinski definition) is 0. The van der Waals surface area contributed by atoms with Crippen molar-refractivity contribution in [2.24, 2.45) is 11.3 Å². The predicted octanol–water partition coefficient (Wildman–Crippen LogP) is 2.43. The Labute approximate surface area is 78.3 Å². The highest BCUT2D eigenvalue weighted by molar-refractivity contribution is 6.39. The Bertz CT molecular complexity index is 177. The van der Waals surface area contributed by atoms with E-state index in [0.717, 1.165) is 0 Å². The highest BCUT2D eigenvalue weighted by Gasteiger charge is 2.45. The van der Waals surface area contributed by atoms with Crippen LogP contribution < -0.4 is 0 Å². The van der Waals surface area contributed by atoms with Gasteiger partial charge in [-0.2, -0.15) is 0 Å². The quantitative estimate of drug-likeness (QED) is 0.514. The first-order chi connectivity index (χ1) is 5.52. The second-order valence-corrected chi connectivity index (χ2v) is 5.16. The van der Waals surface area contributed by atoms with Crippen LogP contribution in [0.15, 0.2) is 0 Å². The van der Waals surface area contributed by atoms with Crippen molar-refractivity contribution in [1.29, 1.82) is 0 Å². The van der Waals surface area contributed by atoms with E-state index < -0.39 is 5.21 Å². The van der Waals surface area contributed by atoms with E-state index in [2.05, 4.69) is 0 Å². The van der Waals surface area contributed by atoms with E-state index in [-0.39, 0.29) is 0 Å². The van der Waals surface area contributed by atoms with Crippen molar-refractivity contribution in [3.05, 3.63) is 0 Å². The summed E-state index contributed by atoms with van der Waals surface area (Å²) >= 11 is 0. The van der Waals surface area contributed by atoms with Crippen molar-refractivity contribution in [1.82, 2.24) is 0 Å². The van der Waals surface area contributed by atoms with E-state index >= 15 is 0 Å². The summed E-state index contributed by atoms with van der Waals surface area (Å²) in [5.41, 5.74) is 0.685. The van der Waals surface area contributed by atoms with Crippen molar-refractivity contribution in [2.75, 3.05) is 0 Å². The number of hydrogen-bond acceptors (Lipinski definition) is 0. The molecule has 1 spiro atoms. The van der Waals surface area contributed by atoms with E-state index in [9.17, 15) is 0 Å². The second-order valence-electron chi connectivity index (χ2n) is 5.16. The molecule has 2 fully saturated rings. The molecule has 0 nitrogen and oxygen atoms in total. The van der Waals surface area contributed by atoms with Gasteiger partial charge in [-0.15, -0.1) is 0 Å². The molecule has 0 N–H and O–H groups in total. The normalized spacial score (nSPS) is 33.6. The lowest BCUT2D eigenvalue weighted by Crippen LogP contribution is -2.28. The third-order valence-electron chi connectivity index (χ3n) is 4.00. The van der Waals surface area contributed by atoms with Gasteiger partial charge >= 0.3 is 0 Å². The van der Waals surface area contributed by atoms with E-state index in [4.69, 9.17) is 15.7 Å². The summed E-state index contributed by atoms with van der Waals surface area (Å²) in [5, 5.41) is -0.431. The highest BCUT2D eigenvalue weighted by Crippen LogP contribution is 2.58. The smallest absolute Gasteiger partial charge is 0.0620 e. The molecule has 4 radical (unpaired) electrons. The van der Waals surface area contributed by atoms with Crippen molar-refractivity contribution in [2.45, 2.75) is 50.7 Å². The lowest BCUT2D eigenvalue weighted by molar-refractivity contribution is 0.135. The van der Waals surface area contributed by atoms with Gasteiger partial charge in [-0.25, -0.2) is 0 Å². The Hall–Kier alpha value is 0.130. The van der Waals surface area contributed by atoms with Crippen LogP contribution in [0.3, 0.4) is 0 Å². The summed E-state index contributed by atoms with van der Waals surface area (Å²) in [4.78, 5) is 0. The maximum atomic E-state index is 5.92. The van der Waals surface area contributed by atoms with E-state index in [1.807, 2.05) is 6.92 Å². The fourth-order valence-electron chi connectivity index (χ4n) is 2.87. The van der Waals surface area contributed by atoms with Gasteiger partial charge < -0.3 is 0 Å². The van der Waals surface area contributed by atoms with Crippen molar-refractivity contribution in [3.63, 3.8) is 0 Å². The SMILES string of the molecule is [B]C([B])(C)C1CCC2(CCC2)C1. The van der Waals surface area contributed by atoms with Gasteiger partial charge in [-0.3, -0.25) is 0 Å². The van der Waals surface area contributed by atoms with Crippen molar-refractivity contribution < 1.29 is 0 Å². The van der Waals surface area contributed by atoms with Crippen LogP contribution in [-0.2, 0) is 0 Å². The van der Waals surface area contributed by atoms with Gasteiger partial charge in [0.05, 0.1) is 15.7 Å². The largest absolute Gasteiger partial charge is 0.0989 e. The predicted molar refractivity (Wildman–Crippen MR) is 53.5 cm³/mol. The summed E-state index contributed by atoms with van der Waals surface area (Å²) in [6.07, 6.45) is 8.21. The molecule has 0 aromatic rings. The number of rotatable bonds is 1. The first kappa shape index (κ1) is 8.72. The monoisotopic (exact) mass is 158 g/mol. The molecule has 0 heterocycles. The molecule has 12 heavy (non-hydrogen) atoms. The summed E-state index contributed by atoms with van der Waals surface area (Å²) < 4.78 is 0. The van der Waals surface area contributed by atoms with E-state index in [1.165, 1.54) is 38.5 Å². The third kappa shape index (κ3) is 1.34. The third-order valence-corrected chi connectivity index (χ3v) is 4.00. The molecule has 2 heteroatoms. The Morgan fingerprint density at radius 3 is 2.17 bits per heavy atom.